The van der Waals surface area contributed by atoms with Gasteiger partial charge in [0.05, 0.1) is 12.5 Å². The fourth-order valence-corrected chi connectivity index (χ4v) is 2.07. The number of carbonyl (C=O) groups excluding carboxylic acids is 3. The summed E-state index contributed by atoms with van der Waals surface area (Å²) >= 11 is 0. The van der Waals surface area contributed by atoms with Crippen LogP contribution < -0.4 is 10.6 Å². The number of hydrogen-bond acceptors (Lipinski definition) is 4. The molecule has 0 spiro atoms. The molecule has 6 heteroatoms. The van der Waals surface area contributed by atoms with E-state index >= 15 is 0 Å². The lowest BCUT2D eigenvalue weighted by atomic mass is 10.2. The minimum Gasteiger partial charge on any atom is -0.356 e. The smallest absolute Gasteiger partial charge is 0.247 e. The Morgan fingerprint density at radius 3 is 2.58 bits per heavy atom. The third-order valence-electron chi connectivity index (χ3n) is 3.01. The molecule has 19 heavy (non-hydrogen) atoms. The van der Waals surface area contributed by atoms with E-state index in [0.717, 1.165) is 6.42 Å². The minimum atomic E-state index is -0.478. The van der Waals surface area contributed by atoms with E-state index in [1.54, 1.807) is 0 Å². The number of nitrogens with one attached hydrogen (secondary N) is 2. The molecule has 1 saturated heterocycles. The number of hydrogen-bond donors (Lipinski definition) is 2. The van der Waals surface area contributed by atoms with Gasteiger partial charge >= 0.3 is 0 Å². The van der Waals surface area contributed by atoms with Crippen LogP contribution in [0.5, 0.6) is 0 Å². The van der Waals surface area contributed by atoms with Gasteiger partial charge in [-0.05, 0) is 20.3 Å². The topological polar surface area (TPSA) is 78.5 Å². The van der Waals surface area contributed by atoms with Crippen LogP contribution in [0.25, 0.3) is 0 Å². The molecule has 0 aliphatic carbocycles. The van der Waals surface area contributed by atoms with E-state index in [-0.39, 0.29) is 30.2 Å². The maximum atomic E-state index is 11.9. The number of carbonyl (C=O) groups is 3. The highest BCUT2D eigenvalue weighted by Crippen LogP contribution is 2.15. The zero-order valence-corrected chi connectivity index (χ0v) is 11.9. The van der Waals surface area contributed by atoms with Crippen LogP contribution in [0.4, 0.5) is 0 Å². The van der Waals surface area contributed by atoms with Gasteiger partial charge in [-0.2, -0.15) is 0 Å². The molecule has 0 radical (unpaired) electrons. The molecule has 1 aliphatic rings. The molecule has 108 valence electrons. The summed E-state index contributed by atoms with van der Waals surface area (Å²) in [5.41, 5.74) is 0. The normalized spacial score (nSPS) is 19.4. The molecule has 0 aromatic carbocycles. The Morgan fingerprint density at radius 1 is 1.37 bits per heavy atom. The molecule has 1 rings (SSSR count). The zero-order chi connectivity index (χ0) is 14.4. The summed E-state index contributed by atoms with van der Waals surface area (Å²) in [5, 5.41) is 5.74. The van der Waals surface area contributed by atoms with Gasteiger partial charge in [0.15, 0.2) is 0 Å². The van der Waals surface area contributed by atoms with Crippen LogP contribution >= 0.6 is 0 Å². The third kappa shape index (κ3) is 4.31. The average molecular weight is 269 g/mol. The van der Waals surface area contributed by atoms with Gasteiger partial charge in [0.2, 0.25) is 17.7 Å². The molecule has 0 bridgehead atoms. The van der Waals surface area contributed by atoms with Gasteiger partial charge in [-0.25, -0.2) is 0 Å². The van der Waals surface area contributed by atoms with Gasteiger partial charge in [-0.3, -0.25) is 19.3 Å². The van der Waals surface area contributed by atoms with E-state index in [9.17, 15) is 14.4 Å². The Labute approximate surface area is 113 Å². The first-order valence-corrected chi connectivity index (χ1v) is 6.83. The molecular formula is C13H23N3O3. The Kier molecular flexibility index (Phi) is 5.95. The van der Waals surface area contributed by atoms with Crippen LogP contribution in [0.3, 0.4) is 0 Å². The summed E-state index contributed by atoms with van der Waals surface area (Å²) in [5.74, 6) is -0.367. The quantitative estimate of drug-likeness (QED) is 0.639. The molecule has 0 aromatic rings. The largest absolute Gasteiger partial charge is 0.356 e. The lowest BCUT2D eigenvalue weighted by Crippen LogP contribution is -2.42. The van der Waals surface area contributed by atoms with Crippen molar-refractivity contribution in [1.29, 1.82) is 0 Å². The maximum absolute atomic E-state index is 11.9. The Morgan fingerprint density at radius 2 is 2.05 bits per heavy atom. The summed E-state index contributed by atoms with van der Waals surface area (Å²) in [6.07, 6.45) is 1.41. The molecule has 0 saturated carbocycles. The molecular weight excluding hydrogens is 246 g/mol. The number of nitrogens with zero attached hydrogens (tertiary/aromatic N) is 1. The SMILES string of the molecule is CCCNC(=O)CCNC1CC(=O)N(C(C)C)C1=O. The van der Waals surface area contributed by atoms with Crippen LogP contribution in [0.2, 0.25) is 0 Å². The second kappa shape index (κ2) is 7.23. The van der Waals surface area contributed by atoms with Crippen LogP contribution in [0, 0.1) is 0 Å². The zero-order valence-electron chi connectivity index (χ0n) is 11.9. The number of imide groups is 1. The van der Waals surface area contributed by atoms with Gasteiger partial charge in [0.1, 0.15) is 0 Å². The first-order chi connectivity index (χ1) is 8.97. The van der Waals surface area contributed by atoms with Crippen LogP contribution in [-0.4, -0.2) is 47.8 Å². The molecule has 0 aromatic heterocycles. The highest BCUT2D eigenvalue weighted by Gasteiger charge is 2.39. The van der Waals surface area contributed by atoms with Crippen molar-refractivity contribution < 1.29 is 14.4 Å². The summed E-state index contributed by atoms with van der Waals surface area (Å²) in [6.45, 7) is 6.70. The van der Waals surface area contributed by atoms with Gasteiger partial charge in [0.25, 0.3) is 0 Å². The summed E-state index contributed by atoms with van der Waals surface area (Å²) in [4.78, 5) is 36.3. The van der Waals surface area contributed by atoms with E-state index in [1.165, 1.54) is 4.90 Å². The van der Waals surface area contributed by atoms with Gasteiger partial charge in [-0.1, -0.05) is 6.92 Å². The summed E-state index contributed by atoms with van der Waals surface area (Å²) < 4.78 is 0. The van der Waals surface area contributed by atoms with E-state index < -0.39 is 6.04 Å². The number of amides is 3. The van der Waals surface area contributed by atoms with Gasteiger partial charge in [0, 0.05) is 25.6 Å². The van der Waals surface area contributed by atoms with Gasteiger partial charge in [-0.15, -0.1) is 0 Å². The summed E-state index contributed by atoms with van der Waals surface area (Å²) in [7, 11) is 0. The van der Waals surface area contributed by atoms with Crippen LogP contribution in [0.15, 0.2) is 0 Å². The Hall–Kier alpha value is -1.43. The number of rotatable bonds is 7. The Bertz CT molecular complexity index is 355. The van der Waals surface area contributed by atoms with Gasteiger partial charge < -0.3 is 10.6 Å². The number of likely N-dealkylation sites (tertiary alicyclic amines) is 1. The van der Waals surface area contributed by atoms with Crippen molar-refractivity contribution in [3.05, 3.63) is 0 Å². The minimum absolute atomic E-state index is 0.0353. The summed E-state index contributed by atoms with van der Waals surface area (Å²) in [6, 6.07) is -0.589. The van der Waals surface area contributed by atoms with E-state index in [2.05, 4.69) is 10.6 Å². The Balaban J connectivity index is 2.33. The molecule has 6 nitrogen and oxygen atoms in total. The maximum Gasteiger partial charge on any atom is 0.247 e. The van der Waals surface area contributed by atoms with E-state index in [1.807, 2.05) is 20.8 Å². The lowest BCUT2D eigenvalue weighted by Gasteiger charge is -2.19. The monoisotopic (exact) mass is 269 g/mol. The fourth-order valence-electron chi connectivity index (χ4n) is 2.07. The van der Waals surface area contributed by atoms with Crippen molar-refractivity contribution in [3.8, 4) is 0 Å². The third-order valence-corrected chi connectivity index (χ3v) is 3.01. The van der Waals surface area contributed by atoms with Crippen molar-refractivity contribution in [2.75, 3.05) is 13.1 Å². The predicted octanol–water partition coefficient (Wildman–Crippen LogP) is 0.0282. The van der Waals surface area contributed by atoms with Crippen molar-refractivity contribution in [3.63, 3.8) is 0 Å². The molecule has 1 heterocycles. The molecule has 2 N–H and O–H groups in total. The second-order valence-corrected chi connectivity index (χ2v) is 5.01. The predicted molar refractivity (Wildman–Crippen MR) is 71.3 cm³/mol. The second-order valence-electron chi connectivity index (χ2n) is 5.01. The standard InChI is InChI=1S/C13H23N3O3/c1-4-6-15-11(17)5-7-14-10-8-12(18)16(9(2)3)13(10)19/h9-10,14H,4-8H2,1-3H3,(H,15,17). The van der Waals surface area contributed by atoms with E-state index in [4.69, 9.17) is 0 Å². The molecule has 1 aliphatic heterocycles. The van der Waals surface area contributed by atoms with Crippen LogP contribution in [-0.2, 0) is 14.4 Å². The average Bonchev–Trinajstić information content (AvgIpc) is 2.62. The first kappa shape index (κ1) is 15.6. The highest BCUT2D eigenvalue weighted by molar-refractivity contribution is 6.05. The van der Waals surface area contributed by atoms with Crippen molar-refractivity contribution in [1.82, 2.24) is 15.5 Å². The van der Waals surface area contributed by atoms with E-state index in [0.29, 0.717) is 19.5 Å². The molecule has 1 fully saturated rings. The lowest BCUT2D eigenvalue weighted by molar-refractivity contribution is -0.140. The van der Waals surface area contributed by atoms with Crippen molar-refractivity contribution in [2.45, 2.75) is 52.1 Å². The first-order valence-electron chi connectivity index (χ1n) is 6.83. The highest BCUT2D eigenvalue weighted by atomic mass is 16.2. The van der Waals surface area contributed by atoms with Crippen LogP contribution in [0.1, 0.15) is 40.0 Å². The fraction of sp³-hybridized carbons (Fsp3) is 0.769. The van der Waals surface area contributed by atoms with Crippen molar-refractivity contribution in [2.24, 2.45) is 0 Å². The molecule has 3 amide bonds. The molecule has 1 atom stereocenters. The molecule has 1 unspecified atom stereocenters. The van der Waals surface area contributed by atoms with Crippen molar-refractivity contribution >= 4 is 17.7 Å².